The van der Waals surface area contributed by atoms with E-state index in [0.29, 0.717) is 0 Å². The quantitative estimate of drug-likeness (QED) is 0.689. The smallest absolute Gasteiger partial charge is 0.369 e. The lowest BCUT2D eigenvalue weighted by Gasteiger charge is -2.18. The molecule has 0 aromatic carbocycles. The first-order valence-electron chi connectivity index (χ1n) is 2.97. The van der Waals surface area contributed by atoms with E-state index in [1.165, 1.54) is 0 Å². The Balaban J connectivity index is 4.56. The highest BCUT2D eigenvalue weighted by Gasteiger charge is 2.49. The van der Waals surface area contributed by atoms with E-state index in [9.17, 15) is 31.1 Å². The molecule has 1 atom stereocenters. The van der Waals surface area contributed by atoms with E-state index in [2.05, 4.69) is 5.73 Å². The summed E-state index contributed by atoms with van der Waals surface area (Å²) in [5, 5.41) is 0. The molecule has 0 aromatic heterocycles. The summed E-state index contributed by atoms with van der Waals surface area (Å²) >= 11 is 0. The largest absolute Gasteiger partial charge is 0.400 e. The Morgan fingerprint density at radius 2 is 1.54 bits per heavy atom. The second kappa shape index (κ2) is 3.43. The molecule has 1 unspecified atom stereocenters. The highest BCUT2D eigenvalue weighted by Crippen LogP contribution is 2.35. The number of alkyl halides is 6. The molecule has 1 amide bonds. The molecule has 0 bridgehead atoms. The number of amides is 1. The van der Waals surface area contributed by atoms with E-state index in [4.69, 9.17) is 0 Å². The van der Waals surface area contributed by atoms with Crippen molar-refractivity contribution in [2.45, 2.75) is 18.8 Å². The van der Waals surface area contributed by atoms with Crippen LogP contribution in [0.25, 0.3) is 0 Å². The summed E-state index contributed by atoms with van der Waals surface area (Å²) in [5.41, 5.74) is 4.17. The molecular weight excluding hydrogens is 204 g/mol. The van der Waals surface area contributed by atoms with Gasteiger partial charge in [-0.15, -0.1) is 0 Å². The predicted octanol–water partition coefficient (Wildman–Crippen LogP) is 1.60. The number of hydrogen-bond acceptors (Lipinski definition) is 1. The van der Waals surface area contributed by atoms with Crippen molar-refractivity contribution in [3.8, 4) is 0 Å². The van der Waals surface area contributed by atoms with E-state index >= 15 is 0 Å². The third-order valence-electron chi connectivity index (χ3n) is 1.17. The van der Waals surface area contributed by atoms with Crippen LogP contribution in [0.3, 0.4) is 0 Å². The third kappa shape index (κ3) is 4.58. The van der Waals surface area contributed by atoms with Crippen molar-refractivity contribution >= 4 is 5.91 Å². The molecule has 0 rings (SSSR count). The zero-order valence-corrected chi connectivity index (χ0v) is 6.04. The fourth-order valence-corrected chi connectivity index (χ4v) is 0.609. The molecular formula is C5H5F6NO. The molecule has 0 saturated carbocycles. The van der Waals surface area contributed by atoms with Gasteiger partial charge in [-0.25, -0.2) is 0 Å². The van der Waals surface area contributed by atoms with E-state index in [1.54, 1.807) is 0 Å². The molecule has 2 N–H and O–H groups in total. The summed E-state index contributed by atoms with van der Waals surface area (Å²) in [6.07, 6.45) is -12.6. The number of nitrogens with two attached hydrogens (primary N) is 1. The van der Waals surface area contributed by atoms with Crippen molar-refractivity contribution in [1.82, 2.24) is 0 Å². The van der Waals surface area contributed by atoms with Crippen molar-refractivity contribution in [3.63, 3.8) is 0 Å². The van der Waals surface area contributed by atoms with Crippen LogP contribution in [0.1, 0.15) is 6.42 Å². The standard InChI is InChI=1S/C5H5F6NO/c6-4(7,8)1-2(3(12)13)5(9,10)11/h2H,1H2,(H2,12,13). The van der Waals surface area contributed by atoms with Crippen LogP contribution in [0, 0.1) is 5.92 Å². The Kier molecular flexibility index (Phi) is 3.18. The Bertz CT molecular complexity index is 194. The minimum absolute atomic E-state index is 2.02. The molecule has 0 saturated heterocycles. The van der Waals surface area contributed by atoms with Gasteiger partial charge in [-0.3, -0.25) is 4.79 Å². The van der Waals surface area contributed by atoms with Crippen LogP contribution < -0.4 is 5.73 Å². The van der Waals surface area contributed by atoms with Crippen molar-refractivity contribution in [1.29, 1.82) is 0 Å². The van der Waals surface area contributed by atoms with E-state index < -0.39 is 30.6 Å². The minimum Gasteiger partial charge on any atom is -0.369 e. The van der Waals surface area contributed by atoms with Gasteiger partial charge in [0.1, 0.15) is 5.92 Å². The second-order valence-corrected chi connectivity index (χ2v) is 2.32. The summed E-state index contributed by atoms with van der Waals surface area (Å²) in [6.45, 7) is 0. The predicted molar refractivity (Wildman–Crippen MR) is 29.4 cm³/mol. The van der Waals surface area contributed by atoms with Gasteiger partial charge in [0.05, 0.1) is 6.42 Å². The second-order valence-electron chi connectivity index (χ2n) is 2.32. The number of carbonyl (C=O) groups is 1. The lowest BCUT2D eigenvalue weighted by atomic mass is 10.0. The molecule has 0 heterocycles. The summed E-state index contributed by atoms with van der Waals surface area (Å²) in [5.74, 6) is -5.18. The van der Waals surface area contributed by atoms with Crippen molar-refractivity contribution in [2.75, 3.05) is 0 Å². The Hall–Kier alpha value is -0.950. The summed E-state index contributed by atoms with van der Waals surface area (Å²) in [6, 6.07) is 0. The van der Waals surface area contributed by atoms with E-state index in [1.807, 2.05) is 0 Å². The molecule has 78 valence electrons. The number of halogens is 6. The van der Waals surface area contributed by atoms with E-state index in [-0.39, 0.29) is 0 Å². The molecule has 0 radical (unpaired) electrons. The fourth-order valence-electron chi connectivity index (χ4n) is 0.609. The summed E-state index contributed by atoms with van der Waals surface area (Å²) in [4.78, 5) is 10.0. The van der Waals surface area contributed by atoms with Gasteiger partial charge in [-0.1, -0.05) is 0 Å². The molecule has 0 aliphatic carbocycles. The lowest BCUT2D eigenvalue weighted by molar-refractivity contribution is -0.216. The minimum atomic E-state index is -5.25. The topological polar surface area (TPSA) is 43.1 Å². The van der Waals surface area contributed by atoms with Gasteiger partial charge in [-0.2, -0.15) is 26.3 Å². The van der Waals surface area contributed by atoms with Gasteiger partial charge in [0.2, 0.25) is 5.91 Å². The molecule has 0 aliphatic heterocycles. The van der Waals surface area contributed by atoms with Gasteiger partial charge in [0.25, 0.3) is 0 Å². The first-order chi connectivity index (χ1) is 5.54. The van der Waals surface area contributed by atoms with Crippen LogP contribution in [0.5, 0.6) is 0 Å². The van der Waals surface area contributed by atoms with Gasteiger partial charge < -0.3 is 5.73 Å². The number of primary amides is 1. The maximum absolute atomic E-state index is 11.7. The van der Waals surface area contributed by atoms with Crippen LogP contribution in [-0.2, 0) is 4.79 Å². The zero-order valence-electron chi connectivity index (χ0n) is 6.04. The third-order valence-corrected chi connectivity index (χ3v) is 1.17. The van der Waals surface area contributed by atoms with Crippen LogP contribution in [0.2, 0.25) is 0 Å². The first-order valence-corrected chi connectivity index (χ1v) is 2.97. The zero-order chi connectivity index (χ0) is 10.9. The number of hydrogen-bond donors (Lipinski definition) is 1. The van der Waals surface area contributed by atoms with Crippen molar-refractivity contribution in [3.05, 3.63) is 0 Å². The SMILES string of the molecule is NC(=O)C(CC(F)(F)F)C(F)(F)F. The molecule has 8 heteroatoms. The maximum atomic E-state index is 11.7. The lowest BCUT2D eigenvalue weighted by Crippen LogP contribution is -2.38. The fraction of sp³-hybridized carbons (Fsp3) is 0.800. The molecule has 2 nitrogen and oxygen atoms in total. The van der Waals surface area contributed by atoms with Gasteiger partial charge in [-0.05, 0) is 0 Å². The number of rotatable bonds is 2. The highest BCUT2D eigenvalue weighted by atomic mass is 19.4. The first kappa shape index (κ1) is 12.0. The molecule has 0 aliphatic rings. The average molecular weight is 209 g/mol. The normalized spacial score (nSPS) is 15.5. The average Bonchev–Trinajstić information content (AvgIpc) is 1.77. The number of carbonyl (C=O) groups excluding carboxylic acids is 1. The summed E-state index contributed by atoms with van der Waals surface area (Å²) < 4.78 is 69.6. The molecule has 0 fully saturated rings. The maximum Gasteiger partial charge on any atom is 0.400 e. The molecule has 13 heavy (non-hydrogen) atoms. The van der Waals surface area contributed by atoms with Crippen LogP contribution in [0.4, 0.5) is 26.3 Å². The Labute approximate surface area is 68.7 Å². The van der Waals surface area contributed by atoms with Crippen LogP contribution >= 0.6 is 0 Å². The van der Waals surface area contributed by atoms with Gasteiger partial charge in [0.15, 0.2) is 0 Å². The Morgan fingerprint density at radius 1 is 1.15 bits per heavy atom. The molecule has 0 spiro atoms. The monoisotopic (exact) mass is 209 g/mol. The molecule has 0 aromatic rings. The van der Waals surface area contributed by atoms with Gasteiger partial charge in [0, 0.05) is 0 Å². The van der Waals surface area contributed by atoms with Crippen LogP contribution in [-0.4, -0.2) is 18.3 Å². The van der Waals surface area contributed by atoms with E-state index in [0.717, 1.165) is 0 Å². The Morgan fingerprint density at radius 3 is 1.62 bits per heavy atom. The van der Waals surface area contributed by atoms with Crippen LogP contribution in [0.15, 0.2) is 0 Å². The summed E-state index contributed by atoms with van der Waals surface area (Å²) in [7, 11) is 0. The van der Waals surface area contributed by atoms with Crippen molar-refractivity contribution < 1.29 is 31.1 Å². The van der Waals surface area contributed by atoms with Crippen molar-refractivity contribution in [2.24, 2.45) is 11.7 Å². The highest BCUT2D eigenvalue weighted by molar-refractivity contribution is 5.77. The van der Waals surface area contributed by atoms with Gasteiger partial charge >= 0.3 is 12.4 Å².